The highest BCUT2D eigenvalue weighted by atomic mass is 16.6. The molecule has 3 N–H and O–H groups in total. The summed E-state index contributed by atoms with van der Waals surface area (Å²) in [5.41, 5.74) is 4.53. The van der Waals surface area contributed by atoms with E-state index in [9.17, 15) is 29.8 Å². The van der Waals surface area contributed by atoms with Crippen molar-refractivity contribution in [3.05, 3.63) is 44.0 Å². The van der Waals surface area contributed by atoms with Crippen LogP contribution in [0.4, 0.5) is 11.4 Å². The van der Waals surface area contributed by atoms with E-state index in [2.05, 4.69) is 5.32 Å². The van der Waals surface area contributed by atoms with Crippen LogP contribution in [0.15, 0.2) is 18.2 Å². The average molecular weight is 368 g/mol. The Morgan fingerprint density at radius 3 is 2.19 bits per heavy atom. The molecule has 26 heavy (non-hydrogen) atoms. The summed E-state index contributed by atoms with van der Waals surface area (Å²) in [6.07, 6.45) is 1.59. The molecule has 142 valence electrons. The number of amides is 1. The molecule has 0 heterocycles. The van der Waals surface area contributed by atoms with Gasteiger partial charge in [0.05, 0.1) is 15.9 Å². The summed E-state index contributed by atoms with van der Waals surface area (Å²) in [6.45, 7) is 1.31. The molecule has 0 saturated heterocycles. The smallest absolute Gasteiger partial charge is 0.328 e. The van der Waals surface area contributed by atoms with E-state index in [-0.39, 0.29) is 5.56 Å². The summed E-state index contributed by atoms with van der Waals surface area (Å²) in [6, 6.07) is 2.11. The van der Waals surface area contributed by atoms with Gasteiger partial charge in [-0.2, -0.15) is 0 Å². The predicted molar refractivity (Wildman–Crippen MR) is 90.1 cm³/mol. The van der Waals surface area contributed by atoms with Crippen LogP contribution in [0.3, 0.4) is 0 Å². The van der Waals surface area contributed by atoms with Crippen LogP contribution in [-0.2, 0) is 20.9 Å². The third-order valence-corrected chi connectivity index (χ3v) is 3.37. The second-order valence-electron chi connectivity index (χ2n) is 5.52. The van der Waals surface area contributed by atoms with E-state index < -0.39 is 45.7 Å². The molecule has 0 bridgehead atoms. The van der Waals surface area contributed by atoms with E-state index >= 15 is 0 Å². The number of non-ortho nitro benzene ring substituents is 2. The Morgan fingerprint density at radius 2 is 1.73 bits per heavy atom. The molecule has 0 fully saturated rings. The second-order valence-corrected chi connectivity index (χ2v) is 5.52. The Bertz CT molecular complexity index is 660. The lowest BCUT2D eigenvalue weighted by atomic mass is 10.1. The van der Waals surface area contributed by atoms with Crippen molar-refractivity contribution in [1.82, 2.24) is 5.32 Å². The van der Waals surface area contributed by atoms with Crippen molar-refractivity contribution in [2.24, 2.45) is 5.73 Å². The van der Waals surface area contributed by atoms with Crippen molar-refractivity contribution in [3.8, 4) is 0 Å². The lowest BCUT2D eigenvalue weighted by Gasteiger charge is -2.16. The highest BCUT2D eigenvalue weighted by Crippen LogP contribution is 2.23. The number of benzene rings is 1. The van der Waals surface area contributed by atoms with Gasteiger partial charge in [0.2, 0.25) is 5.91 Å². The van der Waals surface area contributed by atoms with Gasteiger partial charge in [-0.1, -0.05) is 0 Å². The van der Waals surface area contributed by atoms with E-state index in [0.29, 0.717) is 25.8 Å². The number of carbonyl (C=O) groups is 2. The van der Waals surface area contributed by atoms with Crippen molar-refractivity contribution in [2.45, 2.75) is 38.8 Å². The van der Waals surface area contributed by atoms with E-state index in [0.717, 1.165) is 18.2 Å². The van der Waals surface area contributed by atoms with E-state index in [1.165, 1.54) is 6.92 Å². The Balaban J connectivity index is 2.84. The molecule has 0 aliphatic heterocycles. The van der Waals surface area contributed by atoms with Crippen LogP contribution in [0.1, 0.15) is 31.7 Å². The van der Waals surface area contributed by atoms with E-state index in [4.69, 9.17) is 10.5 Å². The summed E-state index contributed by atoms with van der Waals surface area (Å²) in [4.78, 5) is 43.5. The predicted octanol–water partition coefficient (Wildman–Crippen LogP) is 1.18. The number of nitro groups is 2. The molecule has 0 saturated carbocycles. The highest BCUT2D eigenvalue weighted by Gasteiger charge is 2.22. The van der Waals surface area contributed by atoms with Crippen molar-refractivity contribution in [1.29, 1.82) is 0 Å². The largest absolute Gasteiger partial charge is 0.459 e. The molecule has 0 radical (unpaired) electrons. The standard InChI is InChI=1S/C15H20N4O7/c1-10(20)17-14(4-2-3-5-16)15(21)26-9-11-6-12(18(22)23)8-13(7-11)19(24)25/h6-8,14H,2-5,9,16H2,1H3,(H,17,20)/t14-/m0/s1. The molecule has 0 spiro atoms. The second kappa shape index (κ2) is 10.0. The zero-order chi connectivity index (χ0) is 19.7. The number of hydrogen-bond donors (Lipinski definition) is 2. The summed E-state index contributed by atoms with van der Waals surface area (Å²) in [7, 11) is 0. The summed E-state index contributed by atoms with van der Waals surface area (Å²) in [5.74, 6) is -1.14. The summed E-state index contributed by atoms with van der Waals surface area (Å²) >= 11 is 0. The van der Waals surface area contributed by atoms with Gasteiger partial charge in [0.25, 0.3) is 11.4 Å². The van der Waals surface area contributed by atoms with Gasteiger partial charge in [-0.15, -0.1) is 0 Å². The fourth-order valence-electron chi connectivity index (χ4n) is 2.19. The van der Waals surface area contributed by atoms with Gasteiger partial charge >= 0.3 is 5.97 Å². The molecule has 0 aromatic heterocycles. The zero-order valence-corrected chi connectivity index (χ0v) is 14.2. The van der Waals surface area contributed by atoms with Crippen LogP contribution in [-0.4, -0.2) is 34.3 Å². The first kappa shape index (κ1) is 21.0. The number of unbranched alkanes of at least 4 members (excludes halogenated alkanes) is 1. The molecule has 1 atom stereocenters. The Hall–Kier alpha value is -3.08. The van der Waals surface area contributed by atoms with Gasteiger partial charge < -0.3 is 15.8 Å². The maximum Gasteiger partial charge on any atom is 0.328 e. The lowest BCUT2D eigenvalue weighted by Crippen LogP contribution is -2.40. The van der Waals surface area contributed by atoms with Gasteiger partial charge in [-0.05, 0) is 25.8 Å². The van der Waals surface area contributed by atoms with Crippen LogP contribution in [0.5, 0.6) is 0 Å². The number of hydrogen-bond acceptors (Lipinski definition) is 8. The van der Waals surface area contributed by atoms with Gasteiger partial charge in [-0.25, -0.2) is 4.79 Å². The summed E-state index contributed by atoms with van der Waals surface area (Å²) in [5, 5.41) is 24.2. The number of nitrogens with two attached hydrogens (primary N) is 1. The SMILES string of the molecule is CC(=O)N[C@@H](CCCCN)C(=O)OCc1cc([N+](=O)[O-])cc([N+](=O)[O-])c1. The van der Waals surface area contributed by atoms with E-state index in [1.807, 2.05) is 0 Å². The molecule has 11 heteroatoms. The molecule has 0 aliphatic rings. The minimum Gasteiger partial charge on any atom is -0.459 e. The van der Waals surface area contributed by atoms with Crippen LogP contribution >= 0.6 is 0 Å². The van der Waals surface area contributed by atoms with Crippen molar-refractivity contribution in [2.75, 3.05) is 6.54 Å². The molecule has 0 unspecified atom stereocenters. The van der Waals surface area contributed by atoms with Gasteiger partial charge in [0.15, 0.2) is 0 Å². The first-order valence-corrected chi connectivity index (χ1v) is 7.81. The molecule has 1 rings (SSSR count). The minimum absolute atomic E-state index is 0.0998. The lowest BCUT2D eigenvalue weighted by molar-refractivity contribution is -0.394. The third-order valence-electron chi connectivity index (χ3n) is 3.37. The molecule has 1 aromatic carbocycles. The number of esters is 1. The fraction of sp³-hybridized carbons (Fsp3) is 0.467. The van der Waals surface area contributed by atoms with Crippen LogP contribution < -0.4 is 11.1 Å². The highest BCUT2D eigenvalue weighted by molar-refractivity contribution is 5.83. The third kappa shape index (κ3) is 6.81. The molecule has 1 amide bonds. The zero-order valence-electron chi connectivity index (χ0n) is 14.2. The Labute approximate surface area is 148 Å². The maximum atomic E-state index is 12.1. The minimum atomic E-state index is -0.882. The Kier molecular flexibility index (Phi) is 8.09. The number of carbonyl (C=O) groups excluding carboxylic acids is 2. The van der Waals surface area contributed by atoms with Gasteiger partial charge in [-0.3, -0.25) is 25.0 Å². The molecule has 1 aromatic rings. The number of nitrogens with zero attached hydrogens (tertiary/aromatic N) is 2. The molecule has 0 aliphatic carbocycles. The van der Waals surface area contributed by atoms with Crippen molar-refractivity contribution in [3.63, 3.8) is 0 Å². The Morgan fingerprint density at radius 1 is 1.15 bits per heavy atom. The monoisotopic (exact) mass is 368 g/mol. The average Bonchev–Trinajstić information content (AvgIpc) is 2.58. The molecule has 11 nitrogen and oxygen atoms in total. The van der Waals surface area contributed by atoms with E-state index in [1.54, 1.807) is 0 Å². The number of nitro benzene ring substituents is 2. The van der Waals surface area contributed by atoms with Gasteiger partial charge in [0, 0.05) is 24.6 Å². The number of rotatable bonds is 10. The van der Waals surface area contributed by atoms with Crippen LogP contribution in [0.2, 0.25) is 0 Å². The number of nitrogens with one attached hydrogen (secondary N) is 1. The maximum absolute atomic E-state index is 12.1. The fourth-order valence-corrected chi connectivity index (χ4v) is 2.19. The van der Waals surface area contributed by atoms with Crippen molar-refractivity contribution < 1.29 is 24.2 Å². The van der Waals surface area contributed by atoms with Crippen LogP contribution in [0, 0.1) is 20.2 Å². The summed E-state index contributed by atoms with van der Waals surface area (Å²) < 4.78 is 5.06. The first-order valence-electron chi connectivity index (χ1n) is 7.81. The molecular weight excluding hydrogens is 348 g/mol. The van der Waals surface area contributed by atoms with Crippen molar-refractivity contribution >= 4 is 23.3 Å². The van der Waals surface area contributed by atoms with Gasteiger partial charge in [0.1, 0.15) is 12.6 Å². The normalized spacial score (nSPS) is 11.5. The molecular formula is C15H20N4O7. The quantitative estimate of drug-likeness (QED) is 0.268. The van der Waals surface area contributed by atoms with Crippen LogP contribution in [0.25, 0.3) is 0 Å². The number of ether oxygens (including phenoxy) is 1. The first-order chi connectivity index (χ1) is 12.2. The topological polar surface area (TPSA) is 168 Å².